The molecule has 4 aliphatic rings. The molecule has 4 fully saturated rings. The summed E-state index contributed by atoms with van der Waals surface area (Å²) in [7, 11) is 0. The van der Waals surface area contributed by atoms with Gasteiger partial charge in [0.1, 0.15) is 11.6 Å². The molecule has 148 valence electrons. The summed E-state index contributed by atoms with van der Waals surface area (Å²) in [5.41, 5.74) is 5.07. The number of nitrogens with zero attached hydrogens (tertiary/aromatic N) is 4. The number of aromatic nitrogens is 3. The number of fused-ring (bicyclic) bond motifs is 1. The number of rotatable bonds is 3. The first-order valence-electron chi connectivity index (χ1n) is 9.28. The molecule has 6 rings (SSSR count). The van der Waals surface area contributed by atoms with E-state index in [0.29, 0.717) is 17.5 Å². The Balaban J connectivity index is 1.57. The Morgan fingerprint density at radius 2 is 2.11 bits per heavy atom. The lowest BCUT2D eigenvalue weighted by Crippen LogP contribution is -2.30. The number of pyridine rings is 1. The molecule has 6 nitrogen and oxygen atoms in total. The largest absolute Gasteiger partial charge is 0.419 e. The van der Waals surface area contributed by atoms with Crippen molar-refractivity contribution in [1.82, 2.24) is 19.4 Å². The normalized spacial score (nSPS) is 30.0. The molecule has 9 heteroatoms. The van der Waals surface area contributed by atoms with Crippen LogP contribution in [0.15, 0.2) is 18.5 Å². The van der Waals surface area contributed by atoms with Crippen molar-refractivity contribution in [2.24, 2.45) is 11.8 Å². The molecule has 2 aliphatic carbocycles. The molecule has 1 unspecified atom stereocenters. The Morgan fingerprint density at radius 1 is 1.39 bits per heavy atom. The Bertz CT molecular complexity index is 1010. The third-order valence-corrected chi connectivity index (χ3v) is 6.48. The van der Waals surface area contributed by atoms with E-state index >= 15 is 0 Å². The van der Waals surface area contributed by atoms with Gasteiger partial charge in [-0.05, 0) is 6.07 Å². The molecule has 4 heterocycles. The van der Waals surface area contributed by atoms with Gasteiger partial charge >= 0.3 is 6.18 Å². The molecular formula is C19H20F3N5O. The van der Waals surface area contributed by atoms with Crippen LogP contribution in [0.2, 0.25) is 0 Å². The van der Waals surface area contributed by atoms with E-state index in [2.05, 4.69) is 14.5 Å². The second-order valence-electron chi connectivity index (χ2n) is 8.30. The predicted octanol–water partition coefficient (Wildman–Crippen LogP) is 2.86. The number of carbonyl (C=O) groups excluding carboxylic acids is 1. The second kappa shape index (κ2) is 5.07. The molecule has 2 aromatic heterocycles. The number of carbonyl (C=O) groups is 1. The number of nitrogen functional groups attached to an aromatic ring is 1. The zero-order valence-corrected chi connectivity index (χ0v) is 15.7. The van der Waals surface area contributed by atoms with Crippen LogP contribution < -0.4 is 5.73 Å². The van der Waals surface area contributed by atoms with Crippen molar-refractivity contribution in [2.75, 3.05) is 12.3 Å². The lowest BCUT2D eigenvalue weighted by molar-refractivity contribution is -0.137. The van der Waals surface area contributed by atoms with Crippen LogP contribution in [0.1, 0.15) is 38.1 Å². The summed E-state index contributed by atoms with van der Waals surface area (Å²) in [6, 6.07) is 1.19. The van der Waals surface area contributed by atoms with Crippen LogP contribution in [-0.4, -0.2) is 37.9 Å². The maximum Gasteiger partial charge on any atom is 0.419 e. The van der Waals surface area contributed by atoms with Crippen LogP contribution in [0.3, 0.4) is 0 Å². The quantitative estimate of drug-likeness (QED) is 0.873. The maximum absolute atomic E-state index is 13.2. The van der Waals surface area contributed by atoms with Crippen LogP contribution in [0.5, 0.6) is 0 Å². The number of piperidine rings is 1. The van der Waals surface area contributed by atoms with Crippen molar-refractivity contribution in [1.29, 1.82) is 0 Å². The van der Waals surface area contributed by atoms with Gasteiger partial charge in [-0.15, -0.1) is 0 Å². The smallest absolute Gasteiger partial charge is 0.383 e. The van der Waals surface area contributed by atoms with Gasteiger partial charge in [0.15, 0.2) is 0 Å². The summed E-state index contributed by atoms with van der Waals surface area (Å²) in [6.07, 6.45) is -1.43. The molecule has 28 heavy (non-hydrogen) atoms. The van der Waals surface area contributed by atoms with Gasteiger partial charge < -0.3 is 15.2 Å². The van der Waals surface area contributed by atoms with E-state index in [4.69, 9.17) is 5.73 Å². The van der Waals surface area contributed by atoms with Crippen molar-refractivity contribution in [2.45, 2.75) is 44.4 Å². The van der Waals surface area contributed by atoms with Crippen LogP contribution >= 0.6 is 0 Å². The van der Waals surface area contributed by atoms with Gasteiger partial charge in [-0.2, -0.15) is 13.2 Å². The van der Waals surface area contributed by atoms with E-state index in [1.165, 1.54) is 6.20 Å². The zero-order valence-electron chi connectivity index (χ0n) is 15.7. The molecule has 0 aromatic carbocycles. The van der Waals surface area contributed by atoms with Crippen LogP contribution in [-0.2, 0) is 16.5 Å². The van der Waals surface area contributed by atoms with E-state index in [1.54, 1.807) is 6.92 Å². The van der Waals surface area contributed by atoms with Crippen molar-refractivity contribution in [3.8, 4) is 11.3 Å². The summed E-state index contributed by atoms with van der Waals surface area (Å²) in [6.45, 7) is 6.34. The molecule has 4 atom stereocenters. The first kappa shape index (κ1) is 17.5. The van der Waals surface area contributed by atoms with Crippen LogP contribution in [0.4, 0.5) is 19.0 Å². The average Bonchev–Trinajstić information content (AvgIpc) is 3.17. The van der Waals surface area contributed by atoms with E-state index in [0.717, 1.165) is 18.4 Å². The number of alkyl halides is 3. The Hall–Kier alpha value is -2.58. The number of nitrogens with two attached hydrogens (primary N) is 1. The fraction of sp³-hybridized carbons (Fsp3) is 0.526. The highest BCUT2D eigenvalue weighted by atomic mass is 19.4. The minimum absolute atomic E-state index is 0.0702. The van der Waals surface area contributed by atoms with Gasteiger partial charge in [-0.25, -0.2) is 9.97 Å². The highest BCUT2D eigenvalue weighted by molar-refractivity contribution is 5.77. The average molecular weight is 391 g/mol. The van der Waals surface area contributed by atoms with E-state index < -0.39 is 17.6 Å². The molecule has 1 amide bonds. The fourth-order valence-electron chi connectivity index (χ4n) is 5.15. The number of anilines is 1. The summed E-state index contributed by atoms with van der Waals surface area (Å²) < 4.78 is 41.7. The standard InChI is InChI=1S/C19H20F3N5O/c1-8(2)17-25-13(10-4-11(19(20,21)22)16(23)24-5-10)7-27(17)18-12-6-26(9(3)28)15(18)14(12)18/h4-5,7-8,12,14-15H,6H2,1-3H3,(H2,23,24)/t12-,14-,15?,18-/m0/s1. The van der Waals surface area contributed by atoms with Crippen molar-refractivity contribution in [3.05, 3.63) is 29.8 Å². The summed E-state index contributed by atoms with van der Waals surface area (Å²) in [4.78, 5) is 22.1. The Morgan fingerprint density at radius 3 is 2.64 bits per heavy atom. The highest BCUT2D eigenvalue weighted by Gasteiger charge is 2.94. The SMILES string of the molecule is CC(=O)N1C[C@H]2[C@H]3C1[C@@]32n1cc(-c2cnc(N)c(C(F)(F)F)c2)nc1C(C)C. The second-order valence-corrected chi connectivity index (χ2v) is 8.30. The van der Waals surface area contributed by atoms with E-state index in [1.807, 2.05) is 24.9 Å². The van der Waals surface area contributed by atoms with Gasteiger partial charge in [0.25, 0.3) is 0 Å². The summed E-state index contributed by atoms with van der Waals surface area (Å²) in [5.74, 6) is 1.29. The molecule has 0 spiro atoms. The minimum Gasteiger partial charge on any atom is -0.383 e. The number of hydrogen-bond acceptors (Lipinski definition) is 4. The predicted molar refractivity (Wildman–Crippen MR) is 95.1 cm³/mol. The zero-order chi connectivity index (χ0) is 20.2. The molecule has 2 bridgehead atoms. The number of halogens is 3. The summed E-state index contributed by atoms with van der Waals surface area (Å²) in [5, 5.41) is 0. The molecule has 2 aliphatic heterocycles. The van der Waals surface area contributed by atoms with Crippen molar-refractivity contribution in [3.63, 3.8) is 0 Å². The molecule has 0 radical (unpaired) electrons. The Kier molecular flexibility index (Phi) is 3.17. The van der Waals surface area contributed by atoms with Gasteiger partial charge in [0.05, 0.1) is 22.8 Å². The number of imidazole rings is 1. The fourth-order valence-corrected chi connectivity index (χ4v) is 5.15. The van der Waals surface area contributed by atoms with Gasteiger partial charge in [0.2, 0.25) is 5.91 Å². The lowest BCUT2D eigenvalue weighted by atomic mass is 10.1. The Labute approximate surface area is 159 Å². The number of amides is 1. The molecule has 2 N–H and O–H groups in total. The van der Waals surface area contributed by atoms with Gasteiger partial charge in [0, 0.05) is 49.2 Å². The first-order chi connectivity index (χ1) is 13.1. The van der Waals surface area contributed by atoms with E-state index in [-0.39, 0.29) is 29.0 Å². The minimum atomic E-state index is -4.57. The van der Waals surface area contributed by atoms with E-state index in [9.17, 15) is 18.0 Å². The van der Waals surface area contributed by atoms with Crippen molar-refractivity contribution < 1.29 is 18.0 Å². The molecule has 2 saturated heterocycles. The molecular weight excluding hydrogens is 371 g/mol. The number of hydrogen-bond donors (Lipinski definition) is 1. The third-order valence-electron chi connectivity index (χ3n) is 6.48. The van der Waals surface area contributed by atoms with Crippen LogP contribution in [0.25, 0.3) is 11.3 Å². The monoisotopic (exact) mass is 391 g/mol. The first-order valence-corrected chi connectivity index (χ1v) is 9.28. The highest BCUT2D eigenvalue weighted by Crippen LogP contribution is 2.83. The topological polar surface area (TPSA) is 77.0 Å². The van der Waals surface area contributed by atoms with Gasteiger partial charge in [-0.1, -0.05) is 13.8 Å². The molecule has 2 aromatic rings. The lowest BCUT2D eigenvalue weighted by Gasteiger charge is -2.17. The van der Waals surface area contributed by atoms with Crippen molar-refractivity contribution >= 4 is 11.7 Å². The van der Waals surface area contributed by atoms with Gasteiger partial charge in [-0.3, -0.25) is 4.79 Å². The third kappa shape index (κ3) is 2.02. The summed E-state index contributed by atoms with van der Waals surface area (Å²) >= 11 is 0. The van der Waals surface area contributed by atoms with Crippen LogP contribution in [0, 0.1) is 11.8 Å². The maximum atomic E-state index is 13.2. The molecule has 2 saturated carbocycles.